The molecule has 110 valence electrons. The normalized spacial score (nSPS) is 12.0. The molecule has 0 saturated carbocycles. The number of thiophene rings is 1. The second kappa shape index (κ2) is 7.37. The molecule has 0 aliphatic heterocycles. The number of nitrogens with zero attached hydrogens (tertiary/aromatic N) is 2. The molecule has 2 rings (SSSR count). The molecule has 20 heavy (non-hydrogen) atoms. The van der Waals surface area contributed by atoms with Gasteiger partial charge in [0.2, 0.25) is 17.6 Å². The smallest absolute Gasteiger partial charge is 0.246 e. The zero-order valence-electron chi connectivity index (χ0n) is 11.2. The van der Waals surface area contributed by atoms with Crippen molar-refractivity contribution in [1.29, 1.82) is 0 Å². The first-order chi connectivity index (χ1) is 9.08. The van der Waals surface area contributed by atoms with E-state index < -0.39 is 6.04 Å². The van der Waals surface area contributed by atoms with Crippen LogP contribution in [0.3, 0.4) is 0 Å². The van der Waals surface area contributed by atoms with Crippen molar-refractivity contribution in [2.24, 2.45) is 11.7 Å². The number of hydrogen-bond donors (Lipinski definition) is 2. The van der Waals surface area contributed by atoms with Crippen LogP contribution in [0.4, 0.5) is 0 Å². The predicted molar refractivity (Wildman–Crippen MR) is 79.5 cm³/mol. The molecule has 0 fully saturated rings. The van der Waals surface area contributed by atoms with Crippen molar-refractivity contribution in [2.45, 2.75) is 26.4 Å². The molecule has 0 spiro atoms. The molecular weight excluding hydrogens is 300 g/mol. The van der Waals surface area contributed by atoms with Crippen LogP contribution < -0.4 is 11.1 Å². The summed E-state index contributed by atoms with van der Waals surface area (Å²) in [5.74, 6) is 0.762. The van der Waals surface area contributed by atoms with Crippen LogP contribution >= 0.6 is 23.7 Å². The van der Waals surface area contributed by atoms with Gasteiger partial charge in [-0.25, -0.2) is 0 Å². The van der Waals surface area contributed by atoms with Crippen LogP contribution in [0, 0.1) is 5.92 Å². The van der Waals surface area contributed by atoms with Gasteiger partial charge in [-0.3, -0.25) is 4.79 Å². The van der Waals surface area contributed by atoms with Crippen molar-refractivity contribution in [3.8, 4) is 11.4 Å². The maximum Gasteiger partial charge on any atom is 0.246 e. The summed E-state index contributed by atoms with van der Waals surface area (Å²) < 4.78 is 5.07. The summed E-state index contributed by atoms with van der Waals surface area (Å²) in [4.78, 5) is 15.9. The second-order valence-corrected chi connectivity index (χ2v) is 5.29. The Kier molecular flexibility index (Phi) is 6.12. The Labute approximate surface area is 127 Å². The average Bonchev–Trinajstić information content (AvgIpc) is 3.04. The number of nitrogens with two attached hydrogens (primary N) is 1. The van der Waals surface area contributed by atoms with E-state index in [0.717, 1.165) is 5.56 Å². The van der Waals surface area contributed by atoms with Gasteiger partial charge in [0.05, 0.1) is 12.6 Å². The Bertz CT molecular complexity index is 541. The van der Waals surface area contributed by atoms with Crippen LogP contribution in [0.5, 0.6) is 0 Å². The largest absolute Gasteiger partial charge is 0.346 e. The van der Waals surface area contributed by atoms with E-state index in [4.69, 9.17) is 10.3 Å². The number of halogens is 1. The second-order valence-electron chi connectivity index (χ2n) is 4.51. The molecule has 1 atom stereocenters. The first kappa shape index (κ1) is 16.6. The van der Waals surface area contributed by atoms with Gasteiger partial charge in [0.1, 0.15) is 0 Å². The molecule has 0 radical (unpaired) electrons. The van der Waals surface area contributed by atoms with Crippen LogP contribution in [0.2, 0.25) is 0 Å². The number of carbonyl (C=O) groups excluding carboxylic acids is 1. The maximum atomic E-state index is 11.7. The van der Waals surface area contributed by atoms with Crippen molar-refractivity contribution in [3.63, 3.8) is 0 Å². The van der Waals surface area contributed by atoms with Gasteiger partial charge in [0, 0.05) is 10.9 Å². The van der Waals surface area contributed by atoms with Crippen molar-refractivity contribution in [3.05, 3.63) is 22.7 Å². The van der Waals surface area contributed by atoms with Gasteiger partial charge >= 0.3 is 0 Å². The fraction of sp³-hybridized carbons (Fsp3) is 0.417. The third-order valence-electron chi connectivity index (χ3n) is 2.68. The molecule has 0 aromatic carbocycles. The summed E-state index contributed by atoms with van der Waals surface area (Å²) in [6, 6.07) is 1.38. The molecule has 0 bridgehead atoms. The molecule has 8 heteroatoms. The summed E-state index contributed by atoms with van der Waals surface area (Å²) in [7, 11) is 0. The van der Waals surface area contributed by atoms with E-state index in [2.05, 4.69) is 15.5 Å². The molecule has 0 aliphatic rings. The lowest BCUT2D eigenvalue weighted by Gasteiger charge is -2.14. The van der Waals surface area contributed by atoms with Gasteiger partial charge in [-0.15, -0.1) is 12.4 Å². The lowest BCUT2D eigenvalue weighted by atomic mass is 10.1. The minimum atomic E-state index is -0.528. The van der Waals surface area contributed by atoms with E-state index >= 15 is 0 Å². The quantitative estimate of drug-likeness (QED) is 0.877. The number of amides is 1. The van der Waals surface area contributed by atoms with Gasteiger partial charge in [0.25, 0.3) is 0 Å². The number of hydrogen-bond acceptors (Lipinski definition) is 6. The monoisotopic (exact) mass is 316 g/mol. The van der Waals surface area contributed by atoms with E-state index in [-0.39, 0.29) is 30.8 Å². The van der Waals surface area contributed by atoms with E-state index in [1.807, 2.05) is 30.7 Å². The minimum Gasteiger partial charge on any atom is -0.346 e. The molecule has 2 aromatic heterocycles. The van der Waals surface area contributed by atoms with Crippen molar-refractivity contribution < 1.29 is 9.32 Å². The number of rotatable bonds is 5. The molecule has 0 aliphatic carbocycles. The summed E-state index contributed by atoms with van der Waals surface area (Å²) in [6.45, 7) is 3.98. The molecule has 0 unspecified atom stereocenters. The number of carbonyl (C=O) groups is 1. The SMILES string of the molecule is CC(C)[C@H](N)C(=O)NCc1nc(-c2ccsc2)no1.Cl. The minimum absolute atomic E-state index is 0. The molecule has 3 N–H and O–H groups in total. The highest BCUT2D eigenvalue weighted by molar-refractivity contribution is 7.08. The highest BCUT2D eigenvalue weighted by Crippen LogP contribution is 2.18. The van der Waals surface area contributed by atoms with E-state index in [0.29, 0.717) is 11.7 Å². The first-order valence-electron chi connectivity index (χ1n) is 5.96. The van der Waals surface area contributed by atoms with Crippen LogP contribution in [-0.2, 0) is 11.3 Å². The average molecular weight is 317 g/mol. The molecule has 2 heterocycles. The molecule has 1 amide bonds. The lowest BCUT2D eigenvalue weighted by molar-refractivity contribution is -0.123. The first-order valence-corrected chi connectivity index (χ1v) is 6.90. The standard InChI is InChI=1S/C12H16N4O2S.ClH/c1-7(2)10(13)12(17)14-5-9-15-11(16-18-9)8-3-4-19-6-8;/h3-4,6-7,10H,5,13H2,1-2H3,(H,14,17);1H/t10-;/m0./s1. The van der Waals surface area contributed by atoms with E-state index in [1.54, 1.807) is 11.3 Å². The third kappa shape index (κ3) is 4.03. The fourth-order valence-corrected chi connectivity index (χ4v) is 2.05. The molecule has 0 saturated heterocycles. The zero-order valence-corrected chi connectivity index (χ0v) is 12.8. The topological polar surface area (TPSA) is 94.0 Å². The highest BCUT2D eigenvalue weighted by Gasteiger charge is 2.17. The van der Waals surface area contributed by atoms with Crippen LogP contribution in [0.25, 0.3) is 11.4 Å². The lowest BCUT2D eigenvalue weighted by Crippen LogP contribution is -2.43. The predicted octanol–water partition coefficient (Wildman–Crippen LogP) is 1.82. The van der Waals surface area contributed by atoms with Gasteiger partial charge < -0.3 is 15.6 Å². The van der Waals surface area contributed by atoms with Gasteiger partial charge in [-0.1, -0.05) is 19.0 Å². The van der Waals surface area contributed by atoms with Crippen LogP contribution in [0.15, 0.2) is 21.3 Å². The van der Waals surface area contributed by atoms with Crippen molar-refractivity contribution >= 4 is 29.7 Å². The molecule has 2 aromatic rings. The van der Waals surface area contributed by atoms with Crippen molar-refractivity contribution in [1.82, 2.24) is 15.5 Å². The Morgan fingerprint density at radius 1 is 1.55 bits per heavy atom. The van der Waals surface area contributed by atoms with Crippen LogP contribution in [-0.4, -0.2) is 22.1 Å². The Morgan fingerprint density at radius 2 is 2.30 bits per heavy atom. The molecular formula is C12H17ClN4O2S. The van der Waals surface area contributed by atoms with E-state index in [1.165, 1.54) is 0 Å². The fourth-order valence-electron chi connectivity index (χ4n) is 1.42. The van der Waals surface area contributed by atoms with Gasteiger partial charge in [-0.05, 0) is 17.4 Å². The number of nitrogens with one attached hydrogen (secondary N) is 1. The zero-order chi connectivity index (χ0) is 13.8. The summed E-state index contributed by atoms with van der Waals surface area (Å²) >= 11 is 1.56. The van der Waals surface area contributed by atoms with E-state index in [9.17, 15) is 4.79 Å². The Morgan fingerprint density at radius 3 is 2.90 bits per heavy atom. The maximum absolute atomic E-state index is 11.7. The van der Waals surface area contributed by atoms with Crippen LogP contribution in [0.1, 0.15) is 19.7 Å². The highest BCUT2D eigenvalue weighted by atomic mass is 35.5. The summed E-state index contributed by atoms with van der Waals surface area (Å²) in [6.07, 6.45) is 0. The van der Waals surface area contributed by atoms with Gasteiger partial charge in [0.15, 0.2) is 0 Å². The summed E-state index contributed by atoms with van der Waals surface area (Å²) in [5, 5.41) is 10.4. The Hall–Kier alpha value is -1.44. The number of aromatic nitrogens is 2. The molecule has 6 nitrogen and oxygen atoms in total. The Balaban J connectivity index is 0.00000200. The van der Waals surface area contributed by atoms with Crippen molar-refractivity contribution in [2.75, 3.05) is 0 Å². The summed E-state index contributed by atoms with van der Waals surface area (Å²) in [5.41, 5.74) is 6.64. The third-order valence-corrected chi connectivity index (χ3v) is 3.37. The van der Waals surface area contributed by atoms with Gasteiger partial charge in [-0.2, -0.15) is 16.3 Å².